The zero-order valence-electron chi connectivity index (χ0n) is 10.9. The lowest BCUT2D eigenvalue weighted by Gasteiger charge is -2.06. The van der Waals surface area contributed by atoms with E-state index >= 15 is 0 Å². The highest BCUT2D eigenvalue weighted by atomic mass is 35.5. The quantitative estimate of drug-likeness (QED) is 0.836. The monoisotopic (exact) mass is 319 g/mol. The first-order chi connectivity index (χ1) is 10.1. The molecule has 0 atom stereocenters. The van der Waals surface area contributed by atoms with E-state index in [1.807, 2.05) is 0 Å². The normalized spacial score (nSPS) is 9.67. The molecule has 3 N–H and O–H groups in total. The number of nitrogens with zero attached hydrogens (tertiary/aromatic N) is 1. The Bertz CT molecular complexity index is 698. The van der Waals surface area contributed by atoms with Crippen LogP contribution in [0, 0.1) is 11.8 Å². The number of anilines is 1. The summed E-state index contributed by atoms with van der Waals surface area (Å²) in [7, 11) is 0. The van der Waals surface area contributed by atoms with Crippen molar-refractivity contribution in [2.75, 3.05) is 11.9 Å². The first-order valence-electron chi connectivity index (χ1n) is 6.01. The zero-order valence-corrected chi connectivity index (χ0v) is 12.4. The molecule has 0 unspecified atom stereocenters. The van der Waals surface area contributed by atoms with Crippen molar-refractivity contribution < 1.29 is 4.79 Å². The van der Waals surface area contributed by atoms with E-state index in [1.54, 1.807) is 30.3 Å². The molecule has 0 saturated carbocycles. The van der Waals surface area contributed by atoms with Crippen molar-refractivity contribution in [3.63, 3.8) is 0 Å². The summed E-state index contributed by atoms with van der Waals surface area (Å²) in [6, 6.07) is 8.08. The predicted octanol–water partition coefficient (Wildman–Crippen LogP) is 2.95. The molecule has 1 aromatic heterocycles. The number of rotatable bonds is 2. The van der Waals surface area contributed by atoms with Crippen molar-refractivity contribution >= 4 is 34.8 Å². The van der Waals surface area contributed by atoms with Crippen LogP contribution in [0.3, 0.4) is 0 Å². The van der Waals surface area contributed by atoms with E-state index in [9.17, 15) is 4.79 Å². The van der Waals surface area contributed by atoms with Gasteiger partial charge in [0.15, 0.2) is 0 Å². The van der Waals surface area contributed by atoms with Gasteiger partial charge in [-0.1, -0.05) is 35.0 Å². The van der Waals surface area contributed by atoms with E-state index in [-0.39, 0.29) is 18.1 Å². The molecule has 0 aliphatic carbocycles. The van der Waals surface area contributed by atoms with Gasteiger partial charge in [0.25, 0.3) is 5.91 Å². The molecule has 0 fully saturated rings. The lowest BCUT2D eigenvalue weighted by molar-refractivity contribution is 0.102. The van der Waals surface area contributed by atoms with Crippen LogP contribution in [0.5, 0.6) is 0 Å². The fourth-order valence-electron chi connectivity index (χ4n) is 1.58. The Labute approximate surface area is 132 Å². The summed E-state index contributed by atoms with van der Waals surface area (Å²) in [5.41, 5.74) is 6.76. The molecule has 0 aliphatic rings. The van der Waals surface area contributed by atoms with Gasteiger partial charge in [-0.05, 0) is 30.3 Å². The van der Waals surface area contributed by atoms with Crippen molar-refractivity contribution in [3.8, 4) is 11.8 Å². The third kappa shape index (κ3) is 4.47. The predicted molar refractivity (Wildman–Crippen MR) is 84.6 cm³/mol. The number of carbonyl (C=O) groups excluding carboxylic acids is 1. The summed E-state index contributed by atoms with van der Waals surface area (Å²) < 4.78 is 0. The summed E-state index contributed by atoms with van der Waals surface area (Å²) in [5, 5.41) is 3.56. The van der Waals surface area contributed by atoms with Gasteiger partial charge in [-0.25, -0.2) is 4.98 Å². The Balaban J connectivity index is 2.13. The molecule has 0 bridgehead atoms. The molecule has 1 aromatic carbocycles. The average Bonchev–Trinajstić information content (AvgIpc) is 2.44. The number of hydrogen-bond acceptors (Lipinski definition) is 3. The van der Waals surface area contributed by atoms with E-state index < -0.39 is 0 Å². The molecule has 1 heterocycles. The molecular weight excluding hydrogens is 309 g/mol. The van der Waals surface area contributed by atoms with Crippen LogP contribution in [0.15, 0.2) is 36.5 Å². The number of nitrogens with one attached hydrogen (secondary N) is 1. The number of amides is 1. The van der Waals surface area contributed by atoms with Gasteiger partial charge in [0.2, 0.25) is 0 Å². The largest absolute Gasteiger partial charge is 0.321 e. The molecule has 0 spiro atoms. The molecule has 2 aromatic rings. The molecule has 2 rings (SSSR count). The molecule has 21 heavy (non-hydrogen) atoms. The highest BCUT2D eigenvalue weighted by molar-refractivity contribution is 6.35. The van der Waals surface area contributed by atoms with Gasteiger partial charge in [-0.15, -0.1) is 0 Å². The van der Waals surface area contributed by atoms with Crippen LogP contribution in [0.1, 0.15) is 16.1 Å². The summed E-state index contributed by atoms with van der Waals surface area (Å²) >= 11 is 11.7. The van der Waals surface area contributed by atoms with Crippen LogP contribution in [0.25, 0.3) is 0 Å². The molecule has 0 aliphatic heterocycles. The van der Waals surface area contributed by atoms with Gasteiger partial charge in [0.05, 0.1) is 6.54 Å². The Morgan fingerprint density at radius 1 is 1.24 bits per heavy atom. The van der Waals surface area contributed by atoms with E-state index in [0.717, 1.165) is 0 Å². The third-order valence-corrected chi connectivity index (χ3v) is 2.89. The van der Waals surface area contributed by atoms with Crippen LogP contribution >= 0.6 is 23.2 Å². The Morgan fingerprint density at radius 3 is 2.52 bits per heavy atom. The highest BCUT2D eigenvalue weighted by Gasteiger charge is 2.08. The van der Waals surface area contributed by atoms with Crippen LogP contribution in [0.4, 0.5) is 5.69 Å². The summed E-state index contributed by atoms with van der Waals surface area (Å²) in [6.07, 6.45) is 1.52. The average molecular weight is 320 g/mol. The standard InChI is InChI=1S/C15H11Cl2N3O/c16-11-6-12(17)8-13(7-11)20-15(21)14-4-3-10(9-19-14)2-1-5-18/h3-4,6-9H,5,18H2,(H,20,21). The Hall–Kier alpha value is -2.06. The van der Waals surface area contributed by atoms with E-state index in [1.165, 1.54) is 6.20 Å². The lowest BCUT2D eigenvalue weighted by Crippen LogP contribution is -2.13. The fraction of sp³-hybridized carbons (Fsp3) is 0.0667. The first kappa shape index (κ1) is 15.3. The number of pyridine rings is 1. The van der Waals surface area contributed by atoms with Crippen molar-refractivity contribution in [1.82, 2.24) is 4.98 Å². The van der Waals surface area contributed by atoms with Crippen LogP contribution in [0.2, 0.25) is 10.0 Å². The molecule has 4 nitrogen and oxygen atoms in total. The molecule has 0 saturated heterocycles. The van der Waals surface area contributed by atoms with Crippen molar-refractivity contribution in [1.29, 1.82) is 0 Å². The highest BCUT2D eigenvalue weighted by Crippen LogP contribution is 2.22. The van der Waals surface area contributed by atoms with E-state index in [0.29, 0.717) is 21.3 Å². The lowest BCUT2D eigenvalue weighted by atomic mass is 10.2. The molecule has 0 radical (unpaired) electrons. The van der Waals surface area contributed by atoms with E-state index in [2.05, 4.69) is 22.1 Å². The van der Waals surface area contributed by atoms with Gasteiger partial charge in [-0.3, -0.25) is 4.79 Å². The van der Waals surface area contributed by atoms with Crippen molar-refractivity contribution in [2.45, 2.75) is 0 Å². The molecular formula is C15H11Cl2N3O. The van der Waals surface area contributed by atoms with Crippen LogP contribution in [-0.4, -0.2) is 17.4 Å². The maximum atomic E-state index is 12.0. The van der Waals surface area contributed by atoms with Crippen LogP contribution < -0.4 is 11.1 Å². The number of aromatic nitrogens is 1. The summed E-state index contributed by atoms with van der Waals surface area (Å²) in [5.74, 6) is 5.19. The number of hydrogen-bond donors (Lipinski definition) is 2. The topological polar surface area (TPSA) is 68.0 Å². The summed E-state index contributed by atoms with van der Waals surface area (Å²) in [4.78, 5) is 16.1. The van der Waals surface area contributed by atoms with Gasteiger partial charge >= 0.3 is 0 Å². The maximum absolute atomic E-state index is 12.0. The zero-order chi connectivity index (χ0) is 15.2. The minimum Gasteiger partial charge on any atom is -0.321 e. The van der Waals surface area contributed by atoms with E-state index in [4.69, 9.17) is 28.9 Å². The van der Waals surface area contributed by atoms with Gasteiger partial charge < -0.3 is 11.1 Å². The minimum atomic E-state index is -0.355. The molecule has 1 amide bonds. The minimum absolute atomic E-state index is 0.268. The van der Waals surface area contributed by atoms with Gasteiger partial charge in [0.1, 0.15) is 5.69 Å². The third-order valence-electron chi connectivity index (χ3n) is 2.45. The second-order valence-corrected chi connectivity index (χ2v) is 4.92. The Morgan fingerprint density at radius 2 is 1.95 bits per heavy atom. The number of carbonyl (C=O) groups is 1. The maximum Gasteiger partial charge on any atom is 0.274 e. The van der Waals surface area contributed by atoms with Gasteiger partial charge in [-0.2, -0.15) is 0 Å². The van der Waals surface area contributed by atoms with Crippen molar-refractivity contribution in [3.05, 3.63) is 57.8 Å². The number of benzene rings is 1. The number of nitrogens with two attached hydrogens (primary N) is 1. The molecule has 6 heteroatoms. The summed E-state index contributed by atoms with van der Waals surface area (Å²) in [6.45, 7) is 0.276. The first-order valence-corrected chi connectivity index (χ1v) is 6.76. The fourth-order valence-corrected chi connectivity index (χ4v) is 2.10. The second-order valence-electron chi connectivity index (χ2n) is 4.05. The smallest absolute Gasteiger partial charge is 0.274 e. The van der Waals surface area contributed by atoms with Crippen molar-refractivity contribution in [2.24, 2.45) is 5.73 Å². The van der Waals surface area contributed by atoms with Crippen LogP contribution in [-0.2, 0) is 0 Å². The SMILES string of the molecule is NCC#Cc1ccc(C(=O)Nc2cc(Cl)cc(Cl)c2)nc1. The number of halogens is 2. The van der Waals surface area contributed by atoms with Gasteiger partial charge in [0, 0.05) is 27.5 Å². The Kier molecular flexibility index (Phi) is 5.18. The molecule has 106 valence electrons. The second kappa shape index (κ2) is 7.09.